The minimum absolute atomic E-state index is 0. The minimum Gasteiger partial charge on any atom is -0.355 e. The number of nitrogens with zero attached hydrogens (tertiary/aromatic N) is 4. The van der Waals surface area contributed by atoms with Crippen molar-refractivity contribution in [2.75, 3.05) is 6.54 Å². The second-order valence-electron chi connectivity index (χ2n) is 8.09. The Bertz CT molecular complexity index is 943. The molecule has 0 aliphatic heterocycles. The molecular weight excluding hydrogens is 541 g/mol. The number of hydrogen-bond donors (Lipinski definition) is 3. The minimum atomic E-state index is -3.69. The highest BCUT2D eigenvalue weighted by molar-refractivity contribution is 14.0. The van der Waals surface area contributed by atoms with Crippen LogP contribution in [0.3, 0.4) is 0 Å². The molecule has 0 radical (unpaired) electrons. The molecule has 0 bridgehead atoms. The lowest BCUT2D eigenvalue weighted by atomic mass is 10.0. The van der Waals surface area contributed by atoms with E-state index in [0.717, 1.165) is 43.2 Å². The van der Waals surface area contributed by atoms with Gasteiger partial charge >= 0.3 is 0 Å². The first-order chi connectivity index (χ1) is 14.7. The van der Waals surface area contributed by atoms with E-state index in [2.05, 4.69) is 53.5 Å². The number of primary sulfonamides is 1. The van der Waals surface area contributed by atoms with Gasteiger partial charge in [0.05, 0.1) is 11.4 Å². The topological polar surface area (TPSA) is 127 Å². The van der Waals surface area contributed by atoms with Crippen molar-refractivity contribution in [1.82, 2.24) is 25.4 Å². The van der Waals surface area contributed by atoms with Crippen molar-refractivity contribution >= 4 is 40.0 Å². The van der Waals surface area contributed by atoms with Crippen LogP contribution in [0.1, 0.15) is 51.9 Å². The van der Waals surface area contributed by atoms with Gasteiger partial charge in [-0.05, 0) is 43.4 Å². The second-order valence-corrected chi connectivity index (χ2v) is 9.65. The van der Waals surface area contributed by atoms with Gasteiger partial charge in [0.15, 0.2) is 5.96 Å². The highest BCUT2D eigenvalue weighted by Crippen LogP contribution is 2.10. The number of benzene rings is 1. The van der Waals surface area contributed by atoms with Gasteiger partial charge < -0.3 is 15.2 Å². The quantitative estimate of drug-likeness (QED) is 0.214. The molecule has 32 heavy (non-hydrogen) atoms. The van der Waals surface area contributed by atoms with Gasteiger partial charge in [-0.2, -0.15) is 0 Å². The van der Waals surface area contributed by atoms with Crippen LogP contribution in [0.25, 0.3) is 0 Å². The summed E-state index contributed by atoms with van der Waals surface area (Å²) in [7, 11) is -3.69. The SMILES string of the molecule is CCc1nncn1CCNC(=NCc1ccc(S(N)(=O)=O)cc1)NC(C)CCC(C)C.I. The summed E-state index contributed by atoms with van der Waals surface area (Å²) in [5.74, 6) is 2.32. The number of nitrogens with two attached hydrogens (primary N) is 1. The van der Waals surface area contributed by atoms with E-state index in [1.165, 1.54) is 12.1 Å². The summed E-state index contributed by atoms with van der Waals surface area (Å²) in [6.07, 6.45) is 4.76. The van der Waals surface area contributed by atoms with E-state index in [-0.39, 0.29) is 34.9 Å². The molecular formula is C21H36IN7O2S. The first-order valence-corrected chi connectivity index (χ1v) is 12.3. The van der Waals surface area contributed by atoms with Crippen molar-refractivity contribution in [1.29, 1.82) is 0 Å². The van der Waals surface area contributed by atoms with Crippen LogP contribution < -0.4 is 15.8 Å². The van der Waals surface area contributed by atoms with Crippen LogP contribution in [-0.4, -0.2) is 41.7 Å². The molecule has 2 rings (SSSR count). The van der Waals surface area contributed by atoms with Gasteiger partial charge in [0.1, 0.15) is 12.2 Å². The Labute approximate surface area is 208 Å². The van der Waals surface area contributed by atoms with Crippen LogP contribution in [0.4, 0.5) is 0 Å². The second kappa shape index (κ2) is 13.7. The summed E-state index contributed by atoms with van der Waals surface area (Å²) in [4.78, 5) is 4.78. The number of hydrogen-bond acceptors (Lipinski definition) is 5. The van der Waals surface area contributed by atoms with Gasteiger partial charge in [0.2, 0.25) is 10.0 Å². The Hall–Kier alpha value is -1.73. The fourth-order valence-electron chi connectivity index (χ4n) is 3.03. The summed E-state index contributed by atoms with van der Waals surface area (Å²) < 4.78 is 24.9. The van der Waals surface area contributed by atoms with Crippen LogP contribution in [0, 0.1) is 5.92 Å². The number of aromatic nitrogens is 3. The summed E-state index contributed by atoms with van der Waals surface area (Å²) in [6, 6.07) is 6.75. The zero-order valence-corrected chi connectivity index (χ0v) is 22.4. The Morgan fingerprint density at radius 2 is 1.88 bits per heavy atom. The Balaban J connectivity index is 0.00000512. The zero-order chi connectivity index (χ0) is 22.9. The molecule has 1 aromatic carbocycles. The fourth-order valence-corrected chi connectivity index (χ4v) is 3.55. The van der Waals surface area contributed by atoms with E-state index in [1.807, 2.05) is 4.57 Å². The van der Waals surface area contributed by atoms with Crippen LogP contribution in [0.2, 0.25) is 0 Å². The normalized spacial score (nSPS) is 13.0. The van der Waals surface area contributed by atoms with E-state index >= 15 is 0 Å². The maximum atomic E-state index is 11.4. The maximum absolute atomic E-state index is 11.4. The molecule has 0 amide bonds. The lowest BCUT2D eigenvalue weighted by Gasteiger charge is -2.19. The van der Waals surface area contributed by atoms with Crippen molar-refractivity contribution in [3.63, 3.8) is 0 Å². The predicted molar refractivity (Wildman–Crippen MR) is 138 cm³/mol. The largest absolute Gasteiger partial charge is 0.355 e. The first kappa shape index (κ1) is 28.3. The average molecular weight is 578 g/mol. The predicted octanol–water partition coefficient (Wildman–Crippen LogP) is 2.67. The molecule has 1 aromatic heterocycles. The molecule has 0 saturated heterocycles. The number of nitrogens with one attached hydrogen (secondary N) is 2. The van der Waals surface area contributed by atoms with Gasteiger partial charge in [0.25, 0.3) is 0 Å². The van der Waals surface area contributed by atoms with Gasteiger partial charge in [-0.1, -0.05) is 32.9 Å². The molecule has 1 heterocycles. The number of aliphatic imine (C=N–C) groups is 1. The first-order valence-electron chi connectivity index (χ1n) is 10.7. The monoisotopic (exact) mass is 577 g/mol. The van der Waals surface area contributed by atoms with E-state index < -0.39 is 10.0 Å². The molecule has 0 aliphatic rings. The third-order valence-corrected chi connectivity index (χ3v) is 5.82. The van der Waals surface area contributed by atoms with Gasteiger partial charge in [-0.3, -0.25) is 0 Å². The summed E-state index contributed by atoms with van der Waals surface area (Å²) in [5.41, 5.74) is 0.899. The average Bonchev–Trinajstić information content (AvgIpc) is 3.17. The maximum Gasteiger partial charge on any atom is 0.238 e. The molecule has 11 heteroatoms. The zero-order valence-electron chi connectivity index (χ0n) is 19.3. The van der Waals surface area contributed by atoms with Crippen molar-refractivity contribution in [2.45, 2.75) is 71.0 Å². The van der Waals surface area contributed by atoms with Crippen LogP contribution in [-0.2, 0) is 29.5 Å². The number of sulfonamides is 1. The van der Waals surface area contributed by atoms with Crippen molar-refractivity contribution < 1.29 is 8.42 Å². The van der Waals surface area contributed by atoms with Gasteiger partial charge in [-0.25, -0.2) is 18.5 Å². The van der Waals surface area contributed by atoms with Gasteiger partial charge in [-0.15, -0.1) is 34.2 Å². The summed E-state index contributed by atoms with van der Waals surface area (Å²) in [5, 5.41) is 20.1. The summed E-state index contributed by atoms with van der Waals surface area (Å²) in [6.45, 7) is 10.5. The Morgan fingerprint density at radius 1 is 1.19 bits per heavy atom. The highest BCUT2D eigenvalue weighted by Gasteiger charge is 2.09. The van der Waals surface area contributed by atoms with Crippen molar-refractivity contribution in [3.8, 4) is 0 Å². The molecule has 0 fully saturated rings. The lowest BCUT2D eigenvalue weighted by molar-refractivity contribution is 0.487. The number of aryl methyl sites for hydroxylation is 1. The van der Waals surface area contributed by atoms with E-state index in [9.17, 15) is 8.42 Å². The standard InChI is InChI=1S/C21H35N7O2S.HI/c1-5-20-27-25-15-28(20)13-12-23-21(26-17(4)7-6-16(2)3)24-14-18-8-10-19(11-9-18)31(22,29)30;/h8-11,15-17H,5-7,12-14H2,1-4H3,(H2,22,29,30)(H2,23,24,26);1H. The van der Waals surface area contributed by atoms with Crippen molar-refractivity contribution in [2.24, 2.45) is 16.0 Å². The third kappa shape index (κ3) is 9.82. The number of rotatable bonds is 11. The third-order valence-electron chi connectivity index (χ3n) is 4.89. The highest BCUT2D eigenvalue weighted by atomic mass is 127. The van der Waals surface area contributed by atoms with E-state index in [0.29, 0.717) is 19.0 Å². The van der Waals surface area contributed by atoms with E-state index in [4.69, 9.17) is 5.14 Å². The van der Waals surface area contributed by atoms with Crippen LogP contribution in [0.15, 0.2) is 40.5 Å². The molecule has 180 valence electrons. The van der Waals surface area contributed by atoms with Crippen LogP contribution in [0.5, 0.6) is 0 Å². The van der Waals surface area contributed by atoms with E-state index in [1.54, 1.807) is 18.5 Å². The molecule has 2 aromatic rings. The van der Waals surface area contributed by atoms with Gasteiger partial charge in [0, 0.05) is 25.6 Å². The molecule has 1 atom stereocenters. The molecule has 0 spiro atoms. The number of halogens is 1. The molecule has 9 nitrogen and oxygen atoms in total. The summed E-state index contributed by atoms with van der Waals surface area (Å²) >= 11 is 0. The Morgan fingerprint density at radius 3 is 2.47 bits per heavy atom. The molecule has 0 saturated carbocycles. The smallest absolute Gasteiger partial charge is 0.238 e. The Kier molecular flexibility index (Phi) is 12.1. The fraction of sp³-hybridized carbons (Fsp3) is 0.571. The van der Waals surface area contributed by atoms with Crippen LogP contribution >= 0.6 is 24.0 Å². The van der Waals surface area contributed by atoms with Crippen molar-refractivity contribution in [3.05, 3.63) is 42.0 Å². The lowest BCUT2D eigenvalue weighted by Crippen LogP contribution is -2.43. The molecule has 0 aliphatic carbocycles. The number of guanidine groups is 1. The molecule has 1 unspecified atom stereocenters. The molecule has 4 N–H and O–H groups in total.